The Morgan fingerprint density at radius 1 is 0.967 bits per heavy atom. The zero-order chi connectivity index (χ0) is 22.0. The highest BCUT2D eigenvalue weighted by Crippen LogP contribution is 2.36. The summed E-state index contributed by atoms with van der Waals surface area (Å²) in [6.07, 6.45) is -6.49. The Morgan fingerprint density at radius 2 is 1.63 bits per heavy atom. The lowest BCUT2D eigenvalue weighted by atomic mass is 9.99. The van der Waals surface area contributed by atoms with Crippen LogP contribution in [0.4, 0.5) is 0 Å². The molecule has 162 valence electrons. The second kappa shape index (κ2) is 8.88. The molecule has 1 aliphatic heterocycles. The molecule has 0 bridgehead atoms. The topological polar surface area (TPSA) is 157 Å². The number of hydrogen-bond acceptors (Lipinski definition) is 9. The molecule has 30 heavy (non-hydrogen) atoms. The SMILES string of the molecule is CC1O[C@@H](Oc2cc(O)cc(O)c2C(=O)CCc2ccc(O)cc2)C(O)[C@@H](O)[C@H]1O. The maximum absolute atomic E-state index is 12.8. The second-order valence-corrected chi connectivity index (χ2v) is 7.23. The average molecular weight is 420 g/mol. The number of carbonyl (C=O) groups is 1. The van der Waals surface area contributed by atoms with Gasteiger partial charge in [-0.1, -0.05) is 12.1 Å². The Balaban J connectivity index is 1.81. The van der Waals surface area contributed by atoms with E-state index in [-0.39, 0.29) is 29.2 Å². The molecular weight excluding hydrogens is 396 g/mol. The minimum atomic E-state index is -1.62. The number of aliphatic hydroxyl groups is 3. The molecular formula is C21H24O9. The van der Waals surface area contributed by atoms with Gasteiger partial charge >= 0.3 is 0 Å². The average Bonchev–Trinajstić information content (AvgIpc) is 2.69. The van der Waals surface area contributed by atoms with Gasteiger partial charge in [-0.05, 0) is 31.0 Å². The van der Waals surface area contributed by atoms with Crippen molar-refractivity contribution in [1.29, 1.82) is 0 Å². The number of phenolic OH excluding ortho intramolecular Hbond substituents is 3. The van der Waals surface area contributed by atoms with Crippen LogP contribution in [-0.4, -0.2) is 67.1 Å². The molecule has 1 fully saturated rings. The summed E-state index contributed by atoms with van der Waals surface area (Å²) >= 11 is 0. The van der Waals surface area contributed by atoms with Crippen molar-refractivity contribution in [3.8, 4) is 23.0 Å². The predicted octanol–water partition coefficient (Wildman–Crippen LogP) is 0.825. The number of carbonyl (C=O) groups excluding carboxylic acids is 1. The summed E-state index contributed by atoms with van der Waals surface area (Å²) in [5, 5.41) is 59.2. The Hall–Kier alpha value is -2.85. The van der Waals surface area contributed by atoms with E-state index in [1.54, 1.807) is 12.1 Å². The lowest BCUT2D eigenvalue weighted by Crippen LogP contribution is -2.58. The molecule has 0 radical (unpaired) electrons. The maximum Gasteiger partial charge on any atom is 0.229 e. The third-order valence-electron chi connectivity index (χ3n) is 4.97. The fourth-order valence-corrected chi connectivity index (χ4v) is 3.24. The molecule has 2 aromatic carbocycles. The summed E-state index contributed by atoms with van der Waals surface area (Å²) in [6.45, 7) is 1.47. The van der Waals surface area contributed by atoms with Crippen molar-refractivity contribution in [3.05, 3.63) is 47.5 Å². The van der Waals surface area contributed by atoms with E-state index in [1.165, 1.54) is 19.1 Å². The first-order valence-corrected chi connectivity index (χ1v) is 9.40. The first-order valence-electron chi connectivity index (χ1n) is 9.40. The first kappa shape index (κ1) is 21.8. The number of hydrogen-bond donors (Lipinski definition) is 6. The summed E-state index contributed by atoms with van der Waals surface area (Å²) in [4.78, 5) is 12.8. The summed E-state index contributed by atoms with van der Waals surface area (Å²) in [5.41, 5.74) is 0.578. The molecule has 0 spiro atoms. The van der Waals surface area contributed by atoms with E-state index in [4.69, 9.17) is 9.47 Å². The van der Waals surface area contributed by atoms with Gasteiger partial charge in [0.05, 0.1) is 6.10 Å². The molecule has 5 atom stereocenters. The van der Waals surface area contributed by atoms with Gasteiger partial charge in [0.15, 0.2) is 5.78 Å². The van der Waals surface area contributed by atoms with Gasteiger partial charge in [-0.15, -0.1) is 0 Å². The van der Waals surface area contributed by atoms with Gasteiger partial charge in [0, 0.05) is 18.6 Å². The minimum Gasteiger partial charge on any atom is -0.508 e. The second-order valence-electron chi connectivity index (χ2n) is 7.23. The smallest absolute Gasteiger partial charge is 0.229 e. The van der Waals surface area contributed by atoms with Gasteiger partial charge in [-0.3, -0.25) is 4.79 Å². The van der Waals surface area contributed by atoms with Gasteiger partial charge in [0.1, 0.15) is 46.9 Å². The molecule has 2 aromatic rings. The molecule has 0 aliphatic carbocycles. The predicted molar refractivity (Wildman–Crippen MR) is 104 cm³/mol. The monoisotopic (exact) mass is 420 g/mol. The first-order chi connectivity index (χ1) is 14.2. The van der Waals surface area contributed by atoms with Crippen LogP contribution in [-0.2, 0) is 11.2 Å². The fourth-order valence-electron chi connectivity index (χ4n) is 3.24. The number of phenols is 3. The van der Waals surface area contributed by atoms with E-state index < -0.39 is 42.2 Å². The Bertz CT molecular complexity index is 896. The Labute approximate surface area is 172 Å². The molecule has 3 rings (SSSR count). The standard InChI is InChI=1S/C21H24O9/c1-10-18(26)19(27)20(28)21(29-10)30-16-9-13(23)8-15(25)17(16)14(24)7-4-11-2-5-12(22)6-3-11/h2-3,5-6,8-10,18-23,25-28H,4,7H2,1H3/t10?,18-,19-,20?,21-/m0/s1. The summed E-state index contributed by atoms with van der Waals surface area (Å²) < 4.78 is 10.9. The van der Waals surface area contributed by atoms with Crippen LogP contribution < -0.4 is 4.74 Å². The van der Waals surface area contributed by atoms with E-state index in [2.05, 4.69) is 0 Å². The van der Waals surface area contributed by atoms with E-state index in [0.29, 0.717) is 6.42 Å². The summed E-state index contributed by atoms with van der Waals surface area (Å²) in [7, 11) is 0. The molecule has 9 heteroatoms. The van der Waals surface area contributed by atoms with Gasteiger partial charge < -0.3 is 40.1 Å². The number of rotatable bonds is 6. The summed E-state index contributed by atoms with van der Waals surface area (Å²) in [6, 6.07) is 8.39. The fraction of sp³-hybridized carbons (Fsp3) is 0.381. The number of aryl methyl sites for hydroxylation is 1. The van der Waals surface area contributed by atoms with Crippen LogP contribution in [0.15, 0.2) is 36.4 Å². The summed E-state index contributed by atoms with van der Waals surface area (Å²) in [5.74, 6) is -1.52. The third-order valence-corrected chi connectivity index (χ3v) is 4.97. The van der Waals surface area contributed by atoms with Crippen molar-refractivity contribution in [2.45, 2.75) is 50.5 Å². The van der Waals surface area contributed by atoms with E-state index in [1.807, 2.05) is 0 Å². The molecule has 0 amide bonds. The van der Waals surface area contributed by atoms with Crippen LogP contribution in [0, 0.1) is 0 Å². The molecule has 1 aliphatic rings. The van der Waals surface area contributed by atoms with Crippen molar-refractivity contribution < 1.29 is 44.9 Å². The zero-order valence-corrected chi connectivity index (χ0v) is 16.2. The van der Waals surface area contributed by atoms with E-state index in [9.17, 15) is 35.4 Å². The number of Topliss-reactive ketones (excluding diaryl/α,β-unsaturated/α-hetero) is 1. The minimum absolute atomic E-state index is 0.00864. The van der Waals surface area contributed by atoms with Gasteiger partial charge in [-0.2, -0.15) is 0 Å². The highest BCUT2D eigenvalue weighted by Gasteiger charge is 2.43. The van der Waals surface area contributed by atoms with Gasteiger partial charge in [0.2, 0.25) is 6.29 Å². The zero-order valence-electron chi connectivity index (χ0n) is 16.2. The number of aliphatic hydroxyl groups excluding tert-OH is 3. The van der Waals surface area contributed by atoms with Crippen LogP contribution in [0.5, 0.6) is 23.0 Å². The van der Waals surface area contributed by atoms with Crippen molar-refractivity contribution in [3.63, 3.8) is 0 Å². The third kappa shape index (κ3) is 4.65. The molecule has 2 unspecified atom stereocenters. The highest BCUT2D eigenvalue weighted by atomic mass is 16.7. The maximum atomic E-state index is 12.8. The normalized spacial score (nSPS) is 26.3. The molecule has 0 aromatic heterocycles. The molecule has 1 saturated heterocycles. The molecule has 6 N–H and O–H groups in total. The lowest BCUT2D eigenvalue weighted by Gasteiger charge is -2.39. The van der Waals surface area contributed by atoms with Crippen LogP contribution in [0.3, 0.4) is 0 Å². The Morgan fingerprint density at radius 3 is 2.30 bits per heavy atom. The van der Waals surface area contributed by atoms with Crippen LogP contribution >= 0.6 is 0 Å². The number of ketones is 1. The van der Waals surface area contributed by atoms with Crippen molar-refractivity contribution in [1.82, 2.24) is 0 Å². The van der Waals surface area contributed by atoms with E-state index >= 15 is 0 Å². The largest absolute Gasteiger partial charge is 0.508 e. The van der Waals surface area contributed by atoms with Crippen molar-refractivity contribution in [2.75, 3.05) is 0 Å². The van der Waals surface area contributed by atoms with Crippen LogP contribution in [0.25, 0.3) is 0 Å². The quantitative estimate of drug-likeness (QED) is 0.372. The van der Waals surface area contributed by atoms with E-state index in [0.717, 1.165) is 17.7 Å². The number of aromatic hydroxyl groups is 3. The van der Waals surface area contributed by atoms with Crippen LogP contribution in [0.1, 0.15) is 29.3 Å². The molecule has 9 nitrogen and oxygen atoms in total. The highest BCUT2D eigenvalue weighted by molar-refractivity contribution is 6.01. The number of ether oxygens (including phenoxy) is 2. The van der Waals surface area contributed by atoms with Crippen LogP contribution in [0.2, 0.25) is 0 Å². The van der Waals surface area contributed by atoms with Crippen molar-refractivity contribution >= 4 is 5.78 Å². The van der Waals surface area contributed by atoms with Gasteiger partial charge in [-0.25, -0.2) is 0 Å². The Kier molecular flexibility index (Phi) is 6.47. The van der Waals surface area contributed by atoms with Crippen molar-refractivity contribution in [2.24, 2.45) is 0 Å². The van der Waals surface area contributed by atoms with Gasteiger partial charge in [0.25, 0.3) is 0 Å². The molecule has 1 heterocycles. The lowest BCUT2D eigenvalue weighted by molar-refractivity contribution is -0.268. The molecule has 0 saturated carbocycles. The number of benzene rings is 2.